The van der Waals surface area contributed by atoms with Crippen molar-refractivity contribution in [3.05, 3.63) is 35.9 Å². The van der Waals surface area contributed by atoms with Crippen LogP contribution in [0.4, 0.5) is 0 Å². The third-order valence-electron chi connectivity index (χ3n) is 6.52. The summed E-state index contributed by atoms with van der Waals surface area (Å²) in [5.41, 5.74) is 1.52. The van der Waals surface area contributed by atoms with Crippen LogP contribution < -0.4 is 10.6 Å². The minimum absolute atomic E-state index is 0.128. The fraction of sp³-hybridized carbons (Fsp3) is 0.682. The summed E-state index contributed by atoms with van der Waals surface area (Å²) in [5, 5.41) is 7.04. The third kappa shape index (κ3) is 4.82. The van der Waals surface area contributed by atoms with Crippen molar-refractivity contribution in [2.75, 3.05) is 39.8 Å². The van der Waals surface area contributed by atoms with Crippen LogP contribution in [0.25, 0.3) is 0 Å². The van der Waals surface area contributed by atoms with E-state index in [0.717, 1.165) is 45.0 Å². The minimum Gasteiger partial charge on any atom is -0.373 e. The zero-order valence-electron chi connectivity index (χ0n) is 17.2. The van der Waals surface area contributed by atoms with Crippen LogP contribution in [0.3, 0.4) is 0 Å². The first-order chi connectivity index (χ1) is 13.2. The van der Waals surface area contributed by atoms with Gasteiger partial charge in [0.2, 0.25) is 0 Å². The van der Waals surface area contributed by atoms with E-state index in [0.29, 0.717) is 6.04 Å². The van der Waals surface area contributed by atoms with E-state index in [9.17, 15) is 0 Å². The molecule has 2 atom stereocenters. The molecule has 5 heteroatoms. The molecule has 150 valence electrons. The van der Waals surface area contributed by atoms with Gasteiger partial charge in [0.05, 0.1) is 12.7 Å². The minimum atomic E-state index is 0.128. The van der Waals surface area contributed by atoms with E-state index < -0.39 is 0 Å². The molecule has 2 aliphatic rings. The molecular weight excluding hydrogens is 336 g/mol. The summed E-state index contributed by atoms with van der Waals surface area (Å²) in [6, 6.07) is 11.5. The molecule has 2 heterocycles. The molecule has 2 saturated heterocycles. The van der Waals surface area contributed by atoms with E-state index in [2.05, 4.69) is 64.7 Å². The van der Waals surface area contributed by atoms with Crippen molar-refractivity contribution in [2.24, 2.45) is 4.99 Å². The highest BCUT2D eigenvalue weighted by atomic mass is 16.5. The Morgan fingerprint density at radius 2 is 2.00 bits per heavy atom. The average Bonchev–Trinajstić information content (AvgIpc) is 3.20. The molecule has 2 aliphatic heterocycles. The molecule has 0 saturated carbocycles. The van der Waals surface area contributed by atoms with Gasteiger partial charge < -0.3 is 15.4 Å². The lowest BCUT2D eigenvalue weighted by atomic mass is 9.76. The highest BCUT2D eigenvalue weighted by Gasteiger charge is 2.32. The Hall–Kier alpha value is -1.59. The fourth-order valence-corrected chi connectivity index (χ4v) is 4.50. The molecule has 0 amide bonds. The Bertz CT molecular complexity index is 600. The number of hydrogen-bond acceptors (Lipinski definition) is 3. The Labute approximate surface area is 164 Å². The monoisotopic (exact) mass is 372 g/mol. The van der Waals surface area contributed by atoms with Gasteiger partial charge in [0.1, 0.15) is 0 Å². The highest BCUT2D eigenvalue weighted by Crippen LogP contribution is 2.30. The first-order valence-corrected chi connectivity index (χ1v) is 10.6. The van der Waals surface area contributed by atoms with Crippen molar-refractivity contribution in [2.45, 2.75) is 57.1 Å². The summed E-state index contributed by atoms with van der Waals surface area (Å²) in [6.45, 7) is 9.37. The van der Waals surface area contributed by atoms with Crippen LogP contribution >= 0.6 is 0 Å². The number of aliphatic imine (C=N–C) groups is 1. The van der Waals surface area contributed by atoms with Gasteiger partial charge in [-0.3, -0.25) is 9.89 Å². The van der Waals surface area contributed by atoms with Crippen molar-refractivity contribution in [3.8, 4) is 0 Å². The van der Waals surface area contributed by atoms with Gasteiger partial charge in [0.25, 0.3) is 0 Å². The topological polar surface area (TPSA) is 48.9 Å². The third-order valence-corrected chi connectivity index (χ3v) is 6.52. The number of guanidine groups is 1. The molecule has 2 N–H and O–H groups in total. The first kappa shape index (κ1) is 20.2. The first-order valence-electron chi connectivity index (χ1n) is 10.6. The lowest BCUT2D eigenvalue weighted by Crippen LogP contribution is -2.52. The normalized spacial score (nSPS) is 23.9. The van der Waals surface area contributed by atoms with Crippen LogP contribution in [0.15, 0.2) is 35.3 Å². The van der Waals surface area contributed by atoms with Crippen molar-refractivity contribution in [1.29, 1.82) is 0 Å². The van der Waals surface area contributed by atoms with Crippen LogP contribution in [0.5, 0.6) is 0 Å². The predicted octanol–water partition coefficient (Wildman–Crippen LogP) is 2.77. The van der Waals surface area contributed by atoms with Crippen molar-refractivity contribution in [1.82, 2.24) is 15.5 Å². The molecule has 0 bridgehead atoms. The zero-order valence-corrected chi connectivity index (χ0v) is 17.2. The summed E-state index contributed by atoms with van der Waals surface area (Å²) >= 11 is 0. The molecule has 27 heavy (non-hydrogen) atoms. The molecule has 2 fully saturated rings. The van der Waals surface area contributed by atoms with Gasteiger partial charge >= 0.3 is 0 Å². The van der Waals surface area contributed by atoms with E-state index in [1.165, 1.54) is 24.9 Å². The number of nitrogens with one attached hydrogen (secondary N) is 2. The summed E-state index contributed by atoms with van der Waals surface area (Å²) in [5.74, 6) is 0.865. The number of nitrogens with zero attached hydrogens (tertiary/aromatic N) is 2. The Morgan fingerprint density at radius 1 is 1.22 bits per heavy atom. The molecule has 1 aromatic carbocycles. The number of hydrogen-bond donors (Lipinski definition) is 2. The second-order valence-corrected chi connectivity index (χ2v) is 7.91. The van der Waals surface area contributed by atoms with Gasteiger partial charge in [0.15, 0.2) is 5.96 Å². The number of morpholine rings is 1. The van der Waals surface area contributed by atoms with Crippen molar-refractivity contribution < 1.29 is 4.74 Å². The summed E-state index contributed by atoms with van der Waals surface area (Å²) in [6.07, 6.45) is 5.04. The van der Waals surface area contributed by atoms with E-state index >= 15 is 0 Å². The Balaban J connectivity index is 1.52. The highest BCUT2D eigenvalue weighted by molar-refractivity contribution is 5.79. The van der Waals surface area contributed by atoms with E-state index in [-0.39, 0.29) is 11.5 Å². The number of rotatable bonds is 7. The van der Waals surface area contributed by atoms with E-state index in [1.807, 2.05) is 7.05 Å². The molecule has 5 nitrogen and oxygen atoms in total. The zero-order chi connectivity index (χ0) is 19.1. The van der Waals surface area contributed by atoms with Crippen LogP contribution in [0, 0.1) is 0 Å². The van der Waals surface area contributed by atoms with E-state index in [4.69, 9.17) is 4.74 Å². The van der Waals surface area contributed by atoms with Crippen LogP contribution in [0.1, 0.15) is 45.1 Å². The van der Waals surface area contributed by atoms with Gasteiger partial charge in [0, 0.05) is 38.1 Å². The molecule has 0 aromatic heterocycles. The number of fused-ring (bicyclic) bond motifs is 1. The van der Waals surface area contributed by atoms with Gasteiger partial charge in [-0.1, -0.05) is 44.2 Å². The van der Waals surface area contributed by atoms with Crippen LogP contribution in [-0.4, -0.2) is 62.8 Å². The number of ether oxygens (including phenoxy) is 1. The average molecular weight is 373 g/mol. The molecule has 0 spiro atoms. The smallest absolute Gasteiger partial charge is 0.191 e. The molecule has 1 aromatic rings. The SMILES string of the molecule is CCC(CC)(CNC(=NC)NCC1CN2CCCC2CO1)c1ccccc1. The van der Waals surface area contributed by atoms with Crippen molar-refractivity contribution in [3.63, 3.8) is 0 Å². The summed E-state index contributed by atoms with van der Waals surface area (Å²) in [4.78, 5) is 7.01. The predicted molar refractivity (Wildman–Crippen MR) is 112 cm³/mol. The number of benzene rings is 1. The quantitative estimate of drug-likeness (QED) is 0.571. The lowest BCUT2D eigenvalue weighted by Gasteiger charge is -2.36. The maximum Gasteiger partial charge on any atom is 0.191 e. The van der Waals surface area contributed by atoms with Gasteiger partial charge in [-0.25, -0.2) is 0 Å². The standard InChI is InChI=1S/C22H36N4O/c1-4-22(5-2,18-10-7-6-8-11-18)17-25-21(23-3)24-14-20-15-26-13-9-12-19(26)16-27-20/h6-8,10-11,19-20H,4-5,9,12-17H2,1-3H3,(H2,23,24,25). The largest absolute Gasteiger partial charge is 0.373 e. The maximum absolute atomic E-state index is 6.06. The summed E-state index contributed by atoms with van der Waals surface area (Å²) in [7, 11) is 1.84. The second kappa shape index (κ2) is 9.56. The van der Waals surface area contributed by atoms with Gasteiger partial charge in [-0.15, -0.1) is 0 Å². The second-order valence-electron chi connectivity index (χ2n) is 7.91. The lowest BCUT2D eigenvalue weighted by molar-refractivity contribution is -0.0453. The maximum atomic E-state index is 6.06. The van der Waals surface area contributed by atoms with Crippen LogP contribution in [-0.2, 0) is 10.2 Å². The Morgan fingerprint density at radius 3 is 2.70 bits per heavy atom. The van der Waals surface area contributed by atoms with Gasteiger partial charge in [-0.2, -0.15) is 0 Å². The van der Waals surface area contributed by atoms with Gasteiger partial charge in [-0.05, 0) is 37.8 Å². The molecule has 3 rings (SSSR count). The Kier molecular flexibility index (Phi) is 7.13. The fourth-order valence-electron chi connectivity index (χ4n) is 4.50. The molecular formula is C22H36N4O. The van der Waals surface area contributed by atoms with Crippen molar-refractivity contribution >= 4 is 5.96 Å². The van der Waals surface area contributed by atoms with Crippen LogP contribution in [0.2, 0.25) is 0 Å². The molecule has 0 aliphatic carbocycles. The summed E-state index contributed by atoms with van der Waals surface area (Å²) < 4.78 is 6.06. The van der Waals surface area contributed by atoms with E-state index in [1.54, 1.807) is 0 Å². The molecule has 0 radical (unpaired) electrons. The molecule has 2 unspecified atom stereocenters.